The predicted octanol–water partition coefficient (Wildman–Crippen LogP) is 1.66. The van der Waals surface area contributed by atoms with Crippen molar-refractivity contribution in [3.05, 3.63) is 47.5 Å². The van der Waals surface area contributed by atoms with Crippen LogP contribution in [0, 0.1) is 0 Å². The number of rotatable bonds is 4. The first-order valence-electron chi connectivity index (χ1n) is 6.05. The van der Waals surface area contributed by atoms with E-state index in [9.17, 15) is 0 Å². The third-order valence-corrected chi connectivity index (χ3v) is 3.14. The maximum atomic E-state index is 5.70. The molecule has 88 valence electrons. The quantitative estimate of drug-likeness (QED) is 0.866. The van der Waals surface area contributed by atoms with Crippen molar-refractivity contribution in [1.82, 2.24) is 14.8 Å². The van der Waals surface area contributed by atoms with Gasteiger partial charge in [-0.15, -0.1) is 10.2 Å². The molecule has 1 fully saturated rings. The van der Waals surface area contributed by atoms with Gasteiger partial charge in [-0.3, -0.25) is 0 Å². The van der Waals surface area contributed by atoms with Crippen LogP contribution in [0.3, 0.4) is 0 Å². The standard InChI is InChI=1S/C13H16N4/c14-9-13-16-15-12(17(13)11-6-7-11)8-10-4-2-1-3-5-10/h1-5,11H,6-9,14H2. The summed E-state index contributed by atoms with van der Waals surface area (Å²) < 4.78 is 2.23. The first-order valence-corrected chi connectivity index (χ1v) is 6.05. The minimum Gasteiger partial charge on any atom is -0.324 e. The summed E-state index contributed by atoms with van der Waals surface area (Å²) in [5, 5.41) is 8.46. The summed E-state index contributed by atoms with van der Waals surface area (Å²) in [5.41, 5.74) is 6.97. The summed E-state index contributed by atoms with van der Waals surface area (Å²) in [6, 6.07) is 11.0. The molecular formula is C13H16N4. The van der Waals surface area contributed by atoms with Crippen LogP contribution in [0.2, 0.25) is 0 Å². The lowest BCUT2D eigenvalue weighted by Gasteiger charge is -2.07. The molecule has 1 heterocycles. The largest absolute Gasteiger partial charge is 0.324 e. The molecule has 4 heteroatoms. The molecule has 0 radical (unpaired) electrons. The van der Waals surface area contributed by atoms with E-state index >= 15 is 0 Å². The third-order valence-electron chi connectivity index (χ3n) is 3.14. The van der Waals surface area contributed by atoms with Gasteiger partial charge in [0.25, 0.3) is 0 Å². The van der Waals surface area contributed by atoms with Gasteiger partial charge in [-0.05, 0) is 18.4 Å². The fourth-order valence-corrected chi connectivity index (χ4v) is 2.15. The second-order valence-corrected chi connectivity index (χ2v) is 4.50. The van der Waals surface area contributed by atoms with Crippen LogP contribution < -0.4 is 5.73 Å². The molecule has 1 aliphatic rings. The highest BCUT2D eigenvalue weighted by Gasteiger charge is 2.28. The molecule has 0 bridgehead atoms. The Bertz CT molecular complexity index is 499. The van der Waals surface area contributed by atoms with Gasteiger partial charge in [0.2, 0.25) is 0 Å². The van der Waals surface area contributed by atoms with Crippen LogP contribution in [0.15, 0.2) is 30.3 Å². The summed E-state index contributed by atoms with van der Waals surface area (Å²) in [6.07, 6.45) is 3.30. The summed E-state index contributed by atoms with van der Waals surface area (Å²) in [4.78, 5) is 0. The molecule has 2 aromatic rings. The first-order chi connectivity index (χ1) is 8.38. The van der Waals surface area contributed by atoms with Crippen molar-refractivity contribution in [3.8, 4) is 0 Å². The average Bonchev–Trinajstić information content (AvgIpc) is 3.13. The van der Waals surface area contributed by atoms with E-state index in [1.165, 1.54) is 18.4 Å². The van der Waals surface area contributed by atoms with Crippen LogP contribution in [0.1, 0.15) is 36.1 Å². The van der Waals surface area contributed by atoms with Crippen molar-refractivity contribution in [2.75, 3.05) is 0 Å². The highest BCUT2D eigenvalue weighted by Crippen LogP contribution is 2.36. The smallest absolute Gasteiger partial charge is 0.147 e. The molecule has 0 unspecified atom stereocenters. The van der Waals surface area contributed by atoms with E-state index in [0.717, 1.165) is 18.1 Å². The van der Waals surface area contributed by atoms with Crippen molar-refractivity contribution in [2.24, 2.45) is 5.73 Å². The van der Waals surface area contributed by atoms with E-state index in [0.29, 0.717) is 12.6 Å². The molecule has 1 aliphatic carbocycles. The van der Waals surface area contributed by atoms with E-state index in [4.69, 9.17) is 5.73 Å². The lowest BCUT2D eigenvalue weighted by Crippen LogP contribution is -2.10. The maximum Gasteiger partial charge on any atom is 0.147 e. The molecule has 0 atom stereocenters. The lowest BCUT2D eigenvalue weighted by atomic mass is 10.1. The Balaban J connectivity index is 1.90. The van der Waals surface area contributed by atoms with Gasteiger partial charge in [-0.2, -0.15) is 0 Å². The second-order valence-electron chi connectivity index (χ2n) is 4.50. The minimum absolute atomic E-state index is 0.471. The molecule has 0 spiro atoms. The van der Waals surface area contributed by atoms with Crippen molar-refractivity contribution in [2.45, 2.75) is 31.8 Å². The fourth-order valence-electron chi connectivity index (χ4n) is 2.15. The van der Waals surface area contributed by atoms with Crippen LogP contribution in [0.4, 0.5) is 0 Å². The Morgan fingerprint density at radius 1 is 1.12 bits per heavy atom. The normalized spacial score (nSPS) is 15.1. The van der Waals surface area contributed by atoms with Crippen molar-refractivity contribution in [1.29, 1.82) is 0 Å². The van der Waals surface area contributed by atoms with Gasteiger partial charge in [-0.1, -0.05) is 30.3 Å². The maximum absolute atomic E-state index is 5.70. The van der Waals surface area contributed by atoms with Crippen LogP contribution in [0.25, 0.3) is 0 Å². The molecular weight excluding hydrogens is 212 g/mol. The van der Waals surface area contributed by atoms with Crippen LogP contribution in [-0.2, 0) is 13.0 Å². The summed E-state index contributed by atoms with van der Waals surface area (Å²) in [5.74, 6) is 1.96. The average molecular weight is 228 g/mol. The van der Waals surface area contributed by atoms with Crippen LogP contribution in [0.5, 0.6) is 0 Å². The number of aromatic nitrogens is 3. The van der Waals surface area contributed by atoms with E-state index in [1.807, 2.05) is 6.07 Å². The molecule has 2 N–H and O–H groups in total. The van der Waals surface area contributed by atoms with Gasteiger partial charge in [0, 0.05) is 12.5 Å². The highest BCUT2D eigenvalue weighted by atomic mass is 15.3. The first kappa shape index (κ1) is 10.5. The zero-order valence-corrected chi connectivity index (χ0v) is 9.71. The Morgan fingerprint density at radius 2 is 1.82 bits per heavy atom. The molecule has 1 aromatic carbocycles. The Kier molecular flexibility index (Phi) is 2.65. The van der Waals surface area contributed by atoms with E-state index in [2.05, 4.69) is 39.0 Å². The number of benzene rings is 1. The van der Waals surface area contributed by atoms with Gasteiger partial charge >= 0.3 is 0 Å². The molecule has 4 nitrogen and oxygen atoms in total. The molecule has 3 rings (SSSR count). The Morgan fingerprint density at radius 3 is 2.47 bits per heavy atom. The Hall–Kier alpha value is -1.68. The summed E-state index contributed by atoms with van der Waals surface area (Å²) >= 11 is 0. The van der Waals surface area contributed by atoms with Crippen LogP contribution >= 0.6 is 0 Å². The highest BCUT2D eigenvalue weighted by molar-refractivity contribution is 5.20. The van der Waals surface area contributed by atoms with E-state index < -0.39 is 0 Å². The number of nitrogens with zero attached hydrogens (tertiary/aromatic N) is 3. The molecule has 17 heavy (non-hydrogen) atoms. The fraction of sp³-hybridized carbons (Fsp3) is 0.385. The molecule has 0 saturated heterocycles. The summed E-state index contributed by atoms with van der Waals surface area (Å²) in [7, 11) is 0. The van der Waals surface area contributed by atoms with Gasteiger partial charge in [0.05, 0.1) is 6.54 Å². The predicted molar refractivity (Wildman–Crippen MR) is 65.4 cm³/mol. The van der Waals surface area contributed by atoms with Crippen LogP contribution in [-0.4, -0.2) is 14.8 Å². The van der Waals surface area contributed by atoms with E-state index in [1.54, 1.807) is 0 Å². The second kappa shape index (κ2) is 4.30. The molecule has 1 saturated carbocycles. The number of hydrogen-bond donors (Lipinski definition) is 1. The third kappa shape index (κ3) is 2.08. The van der Waals surface area contributed by atoms with Crippen molar-refractivity contribution < 1.29 is 0 Å². The monoisotopic (exact) mass is 228 g/mol. The number of nitrogens with two attached hydrogens (primary N) is 1. The van der Waals surface area contributed by atoms with E-state index in [-0.39, 0.29) is 0 Å². The Labute approximate surface area is 100 Å². The van der Waals surface area contributed by atoms with Gasteiger partial charge < -0.3 is 10.3 Å². The van der Waals surface area contributed by atoms with Gasteiger partial charge in [0.15, 0.2) is 0 Å². The topological polar surface area (TPSA) is 56.7 Å². The van der Waals surface area contributed by atoms with Gasteiger partial charge in [-0.25, -0.2) is 0 Å². The zero-order valence-electron chi connectivity index (χ0n) is 9.71. The molecule has 0 aliphatic heterocycles. The molecule has 1 aromatic heterocycles. The van der Waals surface area contributed by atoms with Crippen molar-refractivity contribution in [3.63, 3.8) is 0 Å². The lowest BCUT2D eigenvalue weighted by molar-refractivity contribution is 0.652. The minimum atomic E-state index is 0.471. The van der Waals surface area contributed by atoms with Gasteiger partial charge in [0.1, 0.15) is 11.6 Å². The number of hydrogen-bond acceptors (Lipinski definition) is 3. The summed E-state index contributed by atoms with van der Waals surface area (Å²) in [6.45, 7) is 0.471. The van der Waals surface area contributed by atoms with Crippen molar-refractivity contribution >= 4 is 0 Å². The SMILES string of the molecule is NCc1nnc(Cc2ccccc2)n1C1CC1. The zero-order chi connectivity index (χ0) is 11.7. The molecule has 0 amide bonds.